The minimum Gasteiger partial charge on any atom is -0.495 e. The lowest BCUT2D eigenvalue weighted by Crippen LogP contribution is -2.23. The Morgan fingerprint density at radius 1 is 1.35 bits per heavy atom. The smallest absolute Gasteiger partial charge is 0.230 e. The number of nitrogens with zero attached hydrogens (tertiary/aromatic N) is 2. The molecule has 3 aromatic rings. The van der Waals surface area contributed by atoms with Gasteiger partial charge in [0.25, 0.3) is 0 Å². The predicted octanol–water partition coefficient (Wildman–Crippen LogP) is 3.29. The van der Waals surface area contributed by atoms with E-state index < -0.39 is 0 Å². The van der Waals surface area contributed by atoms with Gasteiger partial charge in [0, 0.05) is 24.6 Å². The summed E-state index contributed by atoms with van der Waals surface area (Å²) in [4.78, 5) is 17.1. The molecular weight excluding hydrogens is 330 g/mol. The molecule has 6 nitrogen and oxygen atoms in total. The van der Waals surface area contributed by atoms with Gasteiger partial charge in [-0.1, -0.05) is 0 Å². The van der Waals surface area contributed by atoms with Crippen LogP contribution in [-0.2, 0) is 9.53 Å². The molecule has 134 valence electrons. The van der Waals surface area contributed by atoms with Crippen LogP contribution in [0.3, 0.4) is 0 Å². The Morgan fingerprint density at radius 3 is 3.00 bits per heavy atom. The third-order valence-corrected chi connectivity index (χ3v) is 4.67. The Kier molecular flexibility index (Phi) is 4.34. The summed E-state index contributed by atoms with van der Waals surface area (Å²) < 4.78 is 12.7. The lowest BCUT2D eigenvalue weighted by Gasteiger charge is -2.13. The van der Waals surface area contributed by atoms with Gasteiger partial charge >= 0.3 is 0 Å². The Balaban J connectivity index is 1.66. The molecule has 6 heteroatoms. The van der Waals surface area contributed by atoms with Crippen LogP contribution in [0, 0.1) is 12.8 Å². The highest BCUT2D eigenvalue weighted by Crippen LogP contribution is 2.31. The Hall–Kier alpha value is -2.86. The number of aryl methyl sites for hydroxylation is 1. The molecule has 1 aliphatic heterocycles. The fraction of sp³-hybridized carbons (Fsp3) is 0.300. The molecule has 0 aliphatic carbocycles. The van der Waals surface area contributed by atoms with Crippen LogP contribution in [0.4, 0.5) is 5.69 Å². The fourth-order valence-electron chi connectivity index (χ4n) is 3.16. The molecule has 0 saturated carbocycles. The highest BCUT2D eigenvalue weighted by Gasteiger charge is 2.24. The van der Waals surface area contributed by atoms with Crippen molar-refractivity contribution < 1.29 is 14.3 Å². The zero-order chi connectivity index (χ0) is 18.1. The second-order valence-electron chi connectivity index (χ2n) is 6.56. The van der Waals surface area contributed by atoms with E-state index in [2.05, 4.69) is 10.3 Å². The van der Waals surface area contributed by atoms with Crippen LogP contribution < -0.4 is 10.1 Å². The van der Waals surface area contributed by atoms with Gasteiger partial charge in [0.15, 0.2) is 0 Å². The molecule has 1 N–H and O–H groups in total. The highest BCUT2D eigenvalue weighted by molar-refractivity contribution is 5.95. The molecule has 1 aliphatic rings. The van der Waals surface area contributed by atoms with Crippen molar-refractivity contribution in [3.8, 4) is 17.0 Å². The van der Waals surface area contributed by atoms with Crippen molar-refractivity contribution in [1.29, 1.82) is 0 Å². The van der Waals surface area contributed by atoms with Crippen LogP contribution in [0.25, 0.3) is 16.9 Å². The minimum absolute atomic E-state index is 0.0384. The van der Waals surface area contributed by atoms with Crippen molar-refractivity contribution in [3.63, 3.8) is 0 Å². The summed E-state index contributed by atoms with van der Waals surface area (Å²) in [5.74, 6) is 0.478. The van der Waals surface area contributed by atoms with E-state index in [1.165, 1.54) is 0 Å². The standard InChI is InChI=1S/C20H21N3O3/c1-13-5-7-23-11-17(21-19(23)9-13)14-3-4-18(25-2)16(10-14)22-20(24)15-6-8-26-12-15/h3-5,7,9-11,15H,6,8,12H2,1-2H3,(H,22,24). The SMILES string of the molecule is COc1ccc(-c2cn3ccc(C)cc3n2)cc1NC(=O)C1CCOC1. The summed E-state index contributed by atoms with van der Waals surface area (Å²) in [5, 5.41) is 2.98. The number of benzene rings is 1. The van der Waals surface area contributed by atoms with Gasteiger partial charge in [-0.15, -0.1) is 0 Å². The molecule has 1 saturated heterocycles. The van der Waals surface area contributed by atoms with E-state index in [0.717, 1.165) is 28.9 Å². The second kappa shape index (κ2) is 6.80. The molecule has 0 bridgehead atoms. The van der Waals surface area contributed by atoms with E-state index in [1.807, 2.05) is 54.0 Å². The van der Waals surface area contributed by atoms with Crippen LogP contribution in [0.2, 0.25) is 0 Å². The summed E-state index contributed by atoms with van der Waals surface area (Å²) in [6, 6.07) is 9.78. The second-order valence-corrected chi connectivity index (χ2v) is 6.56. The third-order valence-electron chi connectivity index (χ3n) is 4.67. The number of hydrogen-bond acceptors (Lipinski definition) is 4. The number of amides is 1. The maximum atomic E-state index is 12.4. The van der Waals surface area contributed by atoms with Gasteiger partial charge in [-0.05, 0) is 49.2 Å². The van der Waals surface area contributed by atoms with Gasteiger partial charge < -0.3 is 19.2 Å². The van der Waals surface area contributed by atoms with E-state index in [9.17, 15) is 4.79 Å². The quantitative estimate of drug-likeness (QED) is 0.783. The third kappa shape index (κ3) is 3.15. The van der Waals surface area contributed by atoms with Gasteiger partial charge in [-0.3, -0.25) is 4.79 Å². The lowest BCUT2D eigenvalue weighted by atomic mass is 10.1. The van der Waals surface area contributed by atoms with E-state index in [4.69, 9.17) is 9.47 Å². The van der Waals surface area contributed by atoms with Crippen LogP contribution in [0.15, 0.2) is 42.7 Å². The van der Waals surface area contributed by atoms with E-state index in [1.54, 1.807) is 7.11 Å². The molecule has 0 radical (unpaired) electrons. The highest BCUT2D eigenvalue weighted by atomic mass is 16.5. The number of aromatic nitrogens is 2. The number of hydrogen-bond donors (Lipinski definition) is 1. The van der Waals surface area contributed by atoms with Crippen molar-refractivity contribution in [3.05, 3.63) is 48.3 Å². The molecule has 1 fully saturated rings. The van der Waals surface area contributed by atoms with E-state index in [0.29, 0.717) is 24.7 Å². The number of pyridine rings is 1. The van der Waals surface area contributed by atoms with Gasteiger partial charge in [0.05, 0.1) is 31.0 Å². The number of fused-ring (bicyclic) bond motifs is 1. The molecule has 1 amide bonds. The topological polar surface area (TPSA) is 64.9 Å². The molecule has 4 rings (SSSR count). The summed E-state index contributed by atoms with van der Waals surface area (Å²) in [6.45, 7) is 3.15. The minimum atomic E-state index is -0.110. The largest absolute Gasteiger partial charge is 0.495 e. The zero-order valence-corrected chi connectivity index (χ0v) is 14.9. The fourth-order valence-corrected chi connectivity index (χ4v) is 3.16. The average molecular weight is 351 g/mol. The molecule has 1 atom stereocenters. The number of ether oxygens (including phenoxy) is 2. The molecule has 0 spiro atoms. The van der Waals surface area contributed by atoms with Crippen LogP contribution >= 0.6 is 0 Å². The van der Waals surface area contributed by atoms with Crippen LogP contribution in [0.1, 0.15) is 12.0 Å². The first-order chi connectivity index (χ1) is 12.6. The number of rotatable bonds is 4. The zero-order valence-electron chi connectivity index (χ0n) is 14.9. The van der Waals surface area contributed by atoms with Crippen molar-refractivity contribution in [1.82, 2.24) is 9.38 Å². The molecule has 2 aromatic heterocycles. The summed E-state index contributed by atoms with van der Waals surface area (Å²) in [6.07, 6.45) is 4.72. The van der Waals surface area contributed by atoms with Crippen LogP contribution in [0.5, 0.6) is 5.75 Å². The maximum absolute atomic E-state index is 12.4. The van der Waals surface area contributed by atoms with Gasteiger partial charge in [0.2, 0.25) is 5.91 Å². The Labute approximate surface area is 151 Å². The number of carbonyl (C=O) groups excluding carboxylic acids is 1. The number of anilines is 1. The maximum Gasteiger partial charge on any atom is 0.230 e. The number of methoxy groups -OCH3 is 1. The van der Waals surface area contributed by atoms with Gasteiger partial charge in [-0.25, -0.2) is 4.98 Å². The Bertz CT molecular complexity index is 958. The first-order valence-electron chi connectivity index (χ1n) is 8.66. The molecule has 1 aromatic carbocycles. The predicted molar refractivity (Wildman–Crippen MR) is 99.5 cm³/mol. The van der Waals surface area contributed by atoms with Crippen LogP contribution in [-0.4, -0.2) is 35.6 Å². The van der Waals surface area contributed by atoms with Gasteiger partial charge in [0.1, 0.15) is 11.4 Å². The summed E-state index contributed by atoms with van der Waals surface area (Å²) >= 11 is 0. The summed E-state index contributed by atoms with van der Waals surface area (Å²) in [7, 11) is 1.59. The summed E-state index contributed by atoms with van der Waals surface area (Å²) in [5.41, 5.74) is 4.47. The lowest BCUT2D eigenvalue weighted by molar-refractivity contribution is -0.119. The number of nitrogens with one attached hydrogen (secondary N) is 1. The van der Waals surface area contributed by atoms with E-state index >= 15 is 0 Å². The molecule has 3 heterocycles. The molecule has 26 heavy (non-hydrogen) atoms. The first kappa shape index (κ1) is 16.6. The molecular formula is C20H21N3O3. The number of imidazole rings is 1. The van der Waals surface area contributed by atoms with Crippen molar-refractivity contribution in [2.45, 2.75) is 13.3 Å². The normalized spacial score (nSPS) is 16.8. The van der Waals surface area contributed by atoms with Crippen molar-refractivity contribution in [2.75, 3.05) is 25.6 Å². The van der Waals surface area contributed by atoms with Gasteiger partial charge in [-0.2, -0.15) is 0 Å². The number of carbonyl (C=O) groups is 1. The molecule has 1 unspecified atom stereocenters. The van der Waals surface area contributed by atoms with E-state index in [-0.39, 0.29) is 11.8 Å². The Morgan fingerprint density at radius 2 is 2.23 bits per heavy atom. The van der Waals surface area contributed by atoms with Crippen molar-refractivity contribution in [2.24, 2.45) is 5.92 Å². The monoisotopic (exact) mass is 351 g/mol. The van der Waals surface area contributed by atoms with Crippen molar-refractivity contribution >= 4 is 17.2 Å². The average Bonchev–Trinajstić information content (AvgIpc) is 3.31. The first-order valence-corrected chi connectivity index (χ1v) is 8.66.